The first-order chi connectivity index (χ1) is 11.6. The lowest BCUT2D eigenvalue weighted by molar-refractivity contribution is -0.120. The van der Waals surface area contributed by atoms with E-state index in [1.165, 1.54) is 5.56 Å². The molecule has 0 radical (unpaired) electrons. The third kappa shape index (κ3) is 5.77. The van der Waals surface area contributed by atoms with Crippen LogP contribution < -0.4 is 10.6 Å². The first-order valence-corrected chi connectivity index (χ1v) is 8.95. The highest BCUT2D eigenvalue weighted by molar-refractivity contribution is 7.98. The summed E-state index contributed by atoms with van der Waals surface area (Å²) in [5.74, 6) is 2.50. The van der Waals surface area contributed by atoms with Gasteiger partial charge >= 0.3 is 0 Å². The lowest BCUT2D eigenvalue weighted by Crippen LogP contribution is -2.37. The topological polar surface area (TPSA) is 71.3 Å². The Morgan fingerprint density at radius 2 is 1.88 bits per heavy atom. The van der Waals surface area contributed by atoms with Gasteiger partial charge in [-0.3, -0.25) is 9.59 Å². The molecule has 2 N–H and O–H groups in total. The molecule has 2 amide bonds. The molecule has 1 aromatic heterocycles. The summed E-state index contributed by atoms with van der Waals surface area (Å²) in [6.45, 7) is 4.05. The molecule has 5 nitrogen and oxygen atoms in total. The van der Waals surface area contributed by atoms with Crippen molar-refractivity contribution >= 4 is 23.6 Å². The Morgan fingerprint density at radius 1 is 1.12 bits per heavy atom. The number of furan rings is 1. The van der Waals surface area contributed by atoms with Gasteiger partial charge in [-0.1, -0.05) is 30.3 Å². The van der Waals surface area contributed by atoms with Crippen LogP contribution in [0.5, 0.6) is 0 Å². The van der Waals surface area contributed by atoms with Gasteiger partial charge in [0, 0.05) is 18.1 Å². The van der Waals surface area contributed by atoms with Crippen LogP contribution in [0.25, 0.3) is 0 Å². The lowest BCUT2D eigenvalue weighted by atomic mass is 10.2. The molecule has 0 aliphatic heterocycles. The predicted molar refractivity (Wildman–Crippen MR) is 96.1 cm³/mol. The fourth-order valence-corrected chi connectivity index (χ4v) is 3.02. The van der Waals surface area contributed by atoms with E-state index >= 15 is 0 Å². The second kappa shape index (κ2) is 9.17. The summed E-state index contributed by atoms with van der Waals surface area (Å²) in [6, 6.07) is 11.9. The highest BCUT2D eigenvalue weighted by Gasteiger charge is 2.14. The van der Waals surface area contributed by atoms with Gasteiger partial charge in [0.05, 0.1) is 12.1 Å². The summed E-state index contributed by atoms with van der Waals surface area (Å²) in [6.07, 6.45) is 0. The lowest BCUT2D eigenvalue weighted by Gasteiger charge is -2.07. The second-order valence-electron chi connectivity index (χ2n) is 5.40. The number of hydrogen-bond acceptors (Lipinski definition) is 4. The zero-order valence-corrected chi connectivity index (χ0v) is 14.7. The highest BCUT2D eigenvalue weighted by atomic mass is 32.2. The maximum absolute atomic E-state index is 12.0. The zero-order valence-electron chi connectivity index (χ0n) is 13.9. The molecule has 128 valence electrons. The number of aryl methyl sites for hydroxylation is 2. The molecule has 24 heavy (non-hydrogen) atoms. The van der Waals surface area contributed by atoms with Gasteiger partial charge in [0.1, 0.15) is 11.5 Å². The number of amides is 2. The van der Waals surface area contributed by atoms with Crippen molar-refractivity contribution in [3.63, 3.8) is 0 Å². The van der Waals surface area contributed by atoms with Crippen LogP contribution in [0.4, 0.5) is 0 Å². The molecule has 0 saturated carbocycles. The average Bonchev–Trinajstić information content (AvgIpc) is 2.92. The van der Waals surface area contributed by atoms with E-state index in [2.05, 4.69) is 22.8 Å². The molecule has 0 bridgehead atoms. The molecular formula is C18H22N2O3S. The number of benzene rings is 1. The fraction of sp³-hybridized carbons (Fsp3) is 0.333. The number of rotatable bonds is 8. The van der Waals surface area contributed by atoms with Crippen molar-refractivity contribution in [3.05, 3.63) is 59.0 Å². The maximum Gasteiger partial charge on any atom is 0.255 e. The molecule has 0 aliphatic rings. The number of thioether (sulfide) groups is 1. The first-order valence-electron chi connectivity index (χ1n) is 7.80. The van der Waals surface area contributed by atoms with Gasteiger partial charge in [-0.05, 0) is 25.5 Å². The monoisotopic (exact) mass is 346 g/mol. The van der Waals surface area contributed by atoms with E-state index in [1.54, 1.807) is 31.7 Å². The van der Waals surface area contributed by atoms with Gasteiger partial charge in [-0.2, -0.15) is 11.8 Å². The van der Waals surface area contributed by atoms with Crippen molar-refractivity contribution in [2.24, 2.45) is 0 Å². The first kappa shape index (κ1) is 18.1. The van der Waals surface area contributed by atoms with E-state index in [9.17, 15) is 9.59 Å². The van der Waals surface area contributed by atoms with Crippen molar-refractivity contribution < 1.29 is 14.0 Å². The Morgan fingerprint density at radius 3 is 2.54 bits per heavy atom. The van der Waals surface area contributed by atoms with Crippen LogP contribution in [0.15, 0.2) is 40.8 Å². The third-order valence-electron chi connectivity index (χ3n) is 3.38. The molecule has 6 heteroatoms. The van der Waals surface area contributed by atoms with Gasteiger partial charge in [0.2, 0.25) is 5.91 Å². The molecule has 0 unspecified atom stereocenters. The van der Waals surface area contributed by atoms with Gasteiger partial charge in [0.15, 0.2) is 0 Å². The third-order valence-corrected chi connectivity index (χ3v) is 4.41. The largest absolute Gasteiger partial charge is 0.466 e. The predicted octanol–water partition coefficient (Wildman–Crippen LogP) is 2.68. The summed E-state index contributed by atoms with van der Waals surface area (Å²) in [5, 5.41) is 5.40. The van der Waals surface area contributed by atoms with Gasteiger partial charge in [0.25, 0.3) is 5.91 Å². The summed E-state index contributed by atoms with van der Waals surface area (Å²) >= 11 is 1.76. The average molecular weight is 346 g/mol. The standard InChI is InChI=1S/C18H22N2O3S/c1-13-10-16(14(2)23-13)18(22)20-11-17(21)19-8-9-24-12-15-6-4-3-5-7-15/h3-7,10H,8-9,11-12H2,1-2H3,(H,19,21)(H,20,22). The van der Waals surface area contributed by atoms with Crippen molar-refractivity contribution in [2.75, 3.05) is 18.8 Å². The Hall–Kier alpha value is -2.21. The minimum atomic E-state index is -0.294. The zero-order chi connectivity index (χ0) is 17.4. The molecule has 1 aromatic carbocycles. The van der Waals surface area contributed by atoms with Crippen LogP contribution in [0, 0.1) is 13.8 Å². The molecule has 2 rings (SSSR count). The minimum absolute atomic E-state index is 0.0359. The SMILES string of the molecule is Cc1cc(C(=O)NCC(=O)NCCSCc2ccccc2)c(C)o1. The number of carbonyl (C=O) groups is 2. The molecule has 1 heterocycles. The normalized spacial score (nSPS) is 10.4. The summed E-state index contributed by atoms with van der Waals surface area (Å²) in [4.78, 5) is 23.7. The van der Waals surface area contributed by atoms with Crippen LogP contribution in [0.3, 0.4) is 0 Å². The maximum atomic E-state index is 12.0. The molecule has 0 aliphatic carbocycles. The molecular weight excluding hydrogens is 324 g/mol. The Kier molecular flexibility index (Phi) is 6.93. The molecule has 2 aromatic rings. The van der Waals surface area contributed by atoms with E-state index in [1.807, 2.05) is 18.2 Å². The van der Waals surface area contributed by atoms with Crippen LogP contribution >= 0.6 is 11.8 Å². The highest BCUT2D eigenvalue weighted by Crippen LogP contribution is 2.13. The smallest absolute Gasteiger partial charge is 0.255 e. The van der Waals surface area contributed by atoms with Crippen molar-refractivity contribution in [3.8, 4) is 0 Å². The molecule has 0 saturated heterocycles. The van der Waals surface area contributed by atoms with E-state index in [0.717, 1.165) is 11.5 Å². The van der Waals surface area contributed by atoms with Gasteiger partial charge in [-0.25, -0.2) is 0 Å². The molecule has 0 spiro atoms. The summed E-state index contributed by atoms with van der Waals surface area (Å²) in [5.41, 5.74) is 1.74. The van der Waals surface area contributed by atoms with E-state index in [-0.39, 0.29) is 18.4 Å². The Labute approximate surface area is 146 Å². The van der Waals surface area contributed by atoms with Gasteiger partial charge in [-0.15, -0.1) is 0 Å². The van der Waals surface area contributed by atoms with E-state index < -0.39 is 0 Å². The Bertz CT molecular complexity index is 683. The summed E-state index contributed by atoms with van der Waals surface area (Å²) < 4.78 is 5.31. The number of hydrogen-bond donors (Lipinski definition) is 2. The fourth-order valence-electron chi connectivity index (χ4n) is 2.20. The molecule has 0 atom stereocenters. The Balaban J connectivity index is 1.60. The van der Waals surface area contributed by atoms with E-state index in [0.29, 0.717) is 23.6 Å². The van der Waals surface area contributed by atoms with Crippen LogP contribution in [-0.4, -0.2) is 30.7 Å². The van der Waals surface area contributed by atoms with Crippen LogP contribution in [0.2, 0.25) is 0 Å². The summed E-state index contributed by atoms with van der Waals surface area (Å²) in [7, 11) is 0. The van der Waals surface area contributed by atoms with Crippen molar-refractivity contribution in [1.29, 1.82) is 0 Å². The van der Waals surface area contributed by atoms with Crippen LogP contribution in [0.1, 0.15) is 27.4 Å². The van der Waals surface area contributed by atoms with E-state index in [4.69, 9.17) is 4.42 Å². The van der Waals surface area contributed by atoms with Crippen molar-refractivity contribution in [2.45, 2.75) is 19.6 Å². The minimum Gasteiger partial charge on any atom is -0.466 e. The quantitative estimate of drug-likeness (QED) is 0.721. The number of nitrogens with one attached hydrogen (secondary N) is 2. The second-order valence-corrected chi connectivity index (χ2v) is 6.50. The van der Waals surface area contributed by atoms with Gasteiger partial charge < -0.3 is 15.1 Å². The van der Waals surface area contributed by atoms with Crippen LogP contribution in [-0.2, 0) is 10.5 Å². The number of carbonyl (C=O) groups excluding carboxylic acids is 2. The van der Waals surface area contributed by atoms with Crippen molar-refractivity contribution in [1.82, 2.24) is 10.6 Å². The molecule has 0 fully saturated rings.